The molecule has 0 N–H and O–H groups in total. The standard InChI is InChI=1S/C11H14N2S/c1-4-7(2)9-5-12-8(3)11-10(9)13-6-14-11/h5-7H,4H2,1-3H3. The molecule has 0 aromatic carbocycles. The molecule has 0 saturated heterocycles. The molecule has 1 unspecified atom stereocenters. The predicted octanol–water partition coefficient (Wildman–Crippen LogP) is 3.51. The maximum atomic E-state index is 4.43. The summed E-state index contributed by atoms with van der Waals surface area (Å²) in [6.07, 6.45) is 3.11. The topological polar surface area (TPSA) is 25.8 Å². The Hall–Kier alpha value is -0.960. The van der Waals surface area contributed by atoms with Crippen LogP contribution in [0.4, 0.5) is 0 Å². The van der Waals surface area contributed by atoms with Crippen molar-refractivity contribution in [2.75, 3.05) is 0 Å². The van der Waals surface area contributed by atoms with Crippen molar-refractivity contribution in [1.29, 1.82) is 0 Å². The molecule has 14 heavy (non-hydrogen) atoms. The number of rotatable bonds is 2. The van der Waals surface area contributed by atoms with Crippen LogP contribution >= 0.6 is 11.3 Å². The first kappa shape index (κ1) is 9.59. The fourth-order valence-corrected chi connectivity index (χ4v) is 2.34. The van der Waals surface area contributed by atoms with Crippen LogP contribution < -0.4 is 0 Å². The maximum absolute atomic E-state index is 4.43. The van der Waals surface area contributed by atoms with Crippen LogP contribution in [-0.2, 0) is 0 Å². The van der Waals surface area contributed by atoms with Crippen molar-refractivity contribution in [1.82, 2.24) is 9.97 Å². The van der Waals surface area contributed by atoms with Crippen molar-refractivity contribution in [3.05, 3.63) is 23.0 Å². The fraction of sp³-hybridized carbons (Fsp3) is 0.455. The predicted molar refractivity (Wildman–Crippen MR) is 60.9 cm³/mol. The molecule has 2 rings (SSSR count). The largest absolute Gasteiger partial charge is 0.260 e. The van der Waals surface area contributed by atoms with Gasteiger partial charge < -0.3 is 0 Å². The minimum Gasteiger partial charge on any atom is -0.260 e. The highest BCUT2D eigenvalue weighted by atomic mass is 32.1. The zero-order valence-corrected chi connectivity index (χ0v) is 9.56. The van der Waals surface area contributed by atoms with E-state index in [4.69, 9.17) is 0 Å². The summed E-state index contributed by atoms with van der Waals surface area (Å²) in [6.45, 7) is 6.47. The third kappa shape index (κ3) is 1.42. The number of aromatic nitrogens is 2. The molecule has 2 aromatic heterocycles. The summed E-state index contributed by atoms with van der Waals surface area (Å²) < 4.78 is 1.24. The quantitative estimate of drug-likeness (QED) is 0.751. The molecule has 0 amide bonds. The van der Waals surface area contributed by atoms with Gasteiger partial charge in [-0.1, -0.05) is 13.8 Å². The van der Waals surface area contributed by atoms with E-state index in [1.807, 2.05) is 18.6 Å². The molecule has 74 valence electrons. The Labute approximate surface area is 88.0 Å². The van der Waals surface area contributed by atoms with E-state index < -0.39 is 0 Å². The molecular weight excluding hydrogens is 192 g/mol. The molecule has 0 aliphatic carbocycles. The minimum atomic E-state index is 0.549. The molecule has 1 atom stereocenters. The van der Waals surface area contributed by atoms with Crippen molar-refractivity contribution < 1.29 is 0 Å². The van der Waals surface area contributed by atoms with E-state index in [2.05, 4.69) is 23.8 Å². The van der Waals surface area contributed by atoms with Crippen LogP contribution in [0.3, 0.4) is 0 Å². The Morgan fingerprint density at radius 3 is 2.93 bits per heavy atom. The molecule has 0 aliphatic heterocycles. The third-order valence-corrected chi connectivity index (χ3v) is 3.65. The first-order valence-electron chi connectivity index (χ1n) is 4.92. The second-order valence-electron chi connectivity index (χ2n) is 3.64. The zero-order chi connectivity index (χ0) is 10.1. The monoisotopic (exact) mass is 206 g/mol. The molecule has 0 saturated carbocycles. The lowest BCUT2D eigenvalue weighted by Crippen LogP contribution is -1.95. The average molecular weight is 206 g/mol. The van der Waals surface area contributed by atoms with Crippen molar-refractivity contribution in [2.45, 2.75) is 33.1 Å². The molecule has 0 aliphatic rings. The van der Waals surface area contributed by atoms with Gasteiger partial charge in [-0.2, -0.15) is 0 Å². The van der Waals surface area contributed by atoms with Gasteiger partial charge in [0.05, 0.1) is 21.4 Å². The fourth-order valence-electron chi connectivity index (χ4n) is 1.58. The Morgan fingerprint density at radius 2 is 2.21 bits per heavy atom. The van der Waals surface area contributed by atoms with Gasteiger partial charge in [-0.05, 0) is 19.3 Å². The number of thiazole rings is 1. The number of nitrogens with zero attached hydrogens (tertiary/aromatic N) is 2. The molecule has 2 heterocycles. The van der Waals surface area contributed by atoms with Crippen molar-refractivity contribution in [2.24, 2.45) is 0 Å². The van der Waals surface area contributed by atoms with E-state index in [0.717, 1.165) is 17.6 Å². The Kier molecular flexibility index (Phi) is 2.50. The lowest BCUT2D eigenvalue weighted by atomic mass is 9.99. The van der Waals surface area contributed by atoms with E-state index in [1.165, 1.54) is 10.3 Å². The smallest absolute Gasteiger partial charge is 0.0880 e. The van der Waals surface area contributed by atoms with Gasteiger partial charge in [0.2, 0.25) is 0 Å². The van der Waals surface area contributed by atoms with E-state index in [-0.39, 0.29) is 0 Å². The molecule has 2 nitrogen and oxygen atoms in total. The normalized spacial score (nSPS) is 13.4. The van der Waals surface area contributed by atoms with E-state index in [9.17, 15) is 0 Å². The molecular formula is C11H14N2S. The molecule has 2 aromatic rings. The summed E-state index contributed by atoms with van der Waals surface area (Å²) in [6, 6.07) is 0. The molecule has 0 fully saturated rings. The first-order chi connectivity index (χ1) is 6.74. The van der Waals surface area contributed by atoms with Gasteiger partial charge in [0.25, 0.3) is 0 Å². The summed E-state index contributed by atoms with van der Waals surface area (Å²) >= 11 is 1.68. The number of pyridine rings is 1. The van der Waals surface area contributed by atoms with Gasteiger partial charge >= 0.3 is 0 Å². The lowest BCUT2D eigenvalue weighted by molar-refractivity contribution is 0.734. The van der Waals surface area contributed by atoms with Gasteiger partial charge in [0, 0.05) is 11.8 Å². The average Bonchev–Trinajstić information content (AvgIpc) is 2.67. The molecule has 0 bridgehead atoms. The summed E-state index contributed by atoms with van der Waals surface area (Å²) in [5, 5.41) is 0. The van der Waals surface area contributed by atoms with Crippen LogP contribution in [0.15, 0.2) is 11.7 Å². The zero-order valence-electron chi connectivity index (χ0n) is 8.74. The van der Waals surface area contributed by atoms with Crippen LogP contribution in [0.1, 0.15) is 37.4 Å². The number of fused-ring (bicyclic) bond motifs is 1. The second-order valence-corrected chi connectivity index (χ2v) is 4.49. The van der Waals surface area contributed by atoms with Crippen LogP contribution in [0.2, 0.25) is 0 Å². The van der Waals surface area contributed by atoms with Crippen LogP contribution in [0.5, 0.6) is 0 Å². The number of aryl methyl sites for hydroxylation is 1. The highest BCUT2D eigenvalue weighted by Crippen LogP contribution is 2.29. The van der Waals surface area contributed by atoms with E-state index >= 15 is 0 Å². The van der Waals surface area contributed by atoms with E-state index in [0.29, 0.717) is 5.92 Å². The first-order valence-corrected chi connectivity index (χ1v) is 5.80. The highest BCUT2D eigenvalue weighted by molar-refractivity contribution is 7.16. The summed E-state index contributed by atoms with van der Waals surface area (Å²) in [5.41, 5.74) is 5.44. The van der Waals surface area contributed by atoms with Gasteiger partial charge in [-0.3, -0.25) is 4.98 Å². The van der Waals surface area contributed by atoms with Crippen molar-refractivity contribution >= 4 is 21.6 Å². The van der Waals surface area contributed by atoms with Gasteiger partial charge in [0.15, 0.2) is 0 Å². The van der Waals surface area contributed by atoms with Crippen molar-refractivity contribution in [3.63, 3.8) is 0 Å². The number of hydrogen-bond acceptors (Lipinski definition) is 3. The third-order valence-electron chi connectivity index (χ3n) is 2.71. The second kappa shape index (κ2) is 3.65. The van der Waals surface area contributed by atoms with Crippen LogP contribution in [0, 0.1) is 6.92 Å². The maximum Gasteiger partial charge on any atom is 0.0880 e. The Balaban J connectivity index is 2.66. The molecule has 3 heteroatoms. The summed E-state index contributed by atoms with van der Waals surface area (Å²) in [4.78, 5) is 8.85. The molecule has 0 spiro atoms. The SMILES string of the molecule is CCC(C)c1cnc(C)c2scnc12. The van der Waals surface area contributed by atoms with Gasteiger partial charge in [-0.15, -0.1) is 11.3 Å². The van der Waals surface area contributed by atoms with Crippen molar-refractivity contribution in [3.8, 4) is 0 Å². The highest BCUT2D eigenvalue weighted by Gasteiger charge is 2.11. The van der Waals surface area contributed by atoms with Gasteiger partial charge in [0.1, 0.15) is 0 Å². The van der Waals surface area contributed by atoms with Crippen LogP contribution in [0.25, 0.3) is 10.2 Å². The number of hydrogen-bond donors (Lipinski definition) is 0. The molecule has 0 radical (unpaired) electrons. The van der Waals surface area contributed by atoms with E-state index in [1.54, 1.807) is 11.3 Å². The summed E-state index contributed by atoms with van der Waals surface area (Å²) in [5.74, 6) is 0.549. The lowest BCUT2D eigenvalue weighted by Gasteiger charge is -2.09. The van der Waals surface area contributed by atoms with Gasteiger partial charge in [-0.25, -0.2) is 4.98 Å². The summed E-state index contributed by atoms with van der Waals surface area (Å²) in [7, 11) is 0. The Morgan fingerprint density at radius 1 is 1.43 bits per heavy atom. The van der Waals surface area contributed by atoms with Crippen LogP contribution in [-0.4, -0.2) is 9.97 Å². The Bertz CT molecular complexity index is 447. The minimum absolute atomic E-state index is 0.549.